The summed E-state index contributed by atoms with van der Waals surface area (Å²) in [6.45, 7) is 5.18. The molecule has 1 atom stereocenters. The van der Waals surface area contributed by atoms with Crippen molar-refractivity contribution in [3.05, 3.63) is 0 Å². The molecule has 100 valence electrons. The molecule has 0 aromatic rings. The molecule has 6 heteroatoms. The standard InChI is InChI=1S/C11H22N2O3S/c1-2-4-12-10(11(14)15)3-5-13-6-8-17(16)9-7-13/h10,12H,2-9H2,1H3,(H,14,15). The van der Waals surface area contributed by atoms with Crippen molar-refractivity contribution in [2.24, 2.45) is 0 Å². The minimum Gasteiger partial charge on any atom is -0.480 e. The van der Waals surface area contributed by atoms with Crippen LogP contribution in [-0.4, -0.2) is 63.9 Å². The van der Waals surface area contributed by atoms with E-state index < -0.39 is 22.8 Å². The van der Waals surface area contributed by atoms with Gasteiger partial charge < -0.3 is 15.3 Å². The number of aliphatic carboxylic acids is 1. The largest absolute Gasteiger partial charge is 0.480 e. The van der Waals surface area contributed by atoms with Crippen LogP contribution in [0.5, 0.6) is 0 Å². The Morgan fingerprint density at radius 2 is 2.12 bits per heavy atom. The van der Waals surface area contributed by atoms with E-state index in [0.29, 0.717) is 6.42 Å². The molecule has 0 aromatic heterocycles. The first-order valence-corrected chi connectivity index (χ1v) is 7.65. The SMILES string of the molecule is CCCNC(CCN1CCS(=O)CC1)C(=O)O. The van der Waals surface area contributed by atoms with Gasteiger partial charge in [-0.3, -0.25) is 9.00 Å². The fourth-order valence-electron chi connectivity index (χ4n) is 1.84. The van der Waals surface area contributed by atoms with Crippen LogP contribution in [0.1, 0.15) is 19.8 Å². The summed E-state index contributed by atoms with van der Waals surface area (Å²) in [6.07, 6.45) is 1.55. The Bertz CT molecular complexity index is 263. The monoisotopic (exact) mass is 262 g/mol. The Balaban J connectivity index is 2.26. The zero-order chi connectivity index (χ0) is 12.7. The number of carboxylic acids is 1. The fourth-order valence-corrected chi connectivity index (χ4v) is 2.97. The van der Waals surface area contributed by atoms with Crippen LogP contribution in [-0.2, 0) is 15.6 Å². The topological polar surface area (TPSA) is 69.6 Å². The minimum atomic E-state index is -0.779. The summed E-state index contributed by atoms with van der Waals surface area (Å²) < 4.78 is 11.2. The highest BCUT2D eigenvalue weighted by molar-refractivity contribution is 7.85. The smallest absolute Gasteiger partial charge is 0.320 e. The Kier molecular flexibility index (Phi) is 6.69. The number of nitrogens with zero attached hydrogens (tertiary/aromatic N) is 1. The molecule has 1 rings (SSSR count). The Morgan fingerprint density at radius 1 is 1.47 bits per heavy atom. The summed E-state index contributed by atoms with van der Waals surface area (Å²) in [5.74, 6) is 0.666. The van der Waals surface area contributed by atoms with Crippen molar-refractivity contribution in [2.75, 3.05) is 37.7 Å². The molecule has 1 saturated heterocycles. The number of carboxylic acid groups (broad SMARTS) is 1. The Morgan fingerprint density at radius 3 is 2.65 bits per heavy atom. The predicted molar refractivity (Wildman–Crippen MR) is 68.7 cm³/mol. The van der Waals surface area contributed by atoms with Gasteiger partial charge in [-0.15, -0.1) is 0 Å². The maximum atomic E-state index is 11.2. The minimum absolute atomic E-state index is 0.456. The van der Waals surface area contributed by atoms with Gasteiger partial charge in [0.25, 0.3) is 0 Å². The summed E-state index contributed by atoms with van der Waals surface area (Å²) in [4.78, 5) is 13.2. The molecule has 1 unspecified atom stereocenters. The second-order valence-electron chi connectivity index (χ2n) is 4.32. The van der Waals surface area contributed by atoms with Crippen molar-refractivity contribution in [1.29, 1.82) is 0 Å². The van der Waals surface area contributed by atoms with Crippen molar-refractivity contribution in [3.63, 3.8) is 0 Å². The Labute approximate surface area is 105 Å². The van der Waals surface area contributed by atoms with Crippen LogP contribution < -0.4 is 5.32 Å². The normalized spacial score (nSPS) is 20.3. The lowest BCUT2D eigenvalue weighted by molar-refractivity contribution is -0.139. The van der Waals surface area contributed by atoms with Crippen LogP contribution >= 0.6 is 0 Å². The third kappa shape index (κ3) is 5.61. The molecule has 5 nitrogen and oxygen atoms in total. The number of hydrogen-bond acceptors (Lipinski definition) is 4. The molecule has 0 radical (unpaired) electrons. The molecule has 1 aliphatic rings. The van der Waals surface area contributed by atoms with Gasteiger partial charge in [-0.1, -0.05) is 6.92 Å². The molecule has 1 heterocycles. The van der Waals surface area contributed by atoms with Crippen LogP contribution in [0.2, 0.25) is 0 Å². The van der Waals surface area contributed by atoms with Gasteiger partial charge in [0, 0.05) is 41.9 Å². The van der Waals surface area contributed by atoms with Crippen molar-refractivity contribution in [3.8, 4) is 0 Å². The first-order chi connectivity index (χ1) is 8.13. The molecule has 1 aliphatic heterocycles. The maximum absolute atomic E-state index is 11.2. The molecule has 0 bridgehead atoms. The highest BCUT2D eigenvalue weighted by Crippen LogP contribution is 2.03. The summed E-state index contributed by atoms with van der Waals surface area (Å²) in [5, 5.41) is 12.1. The predicted octanol–water partition coefficient (Wildman–Crippen LogP) is -0.106. The van der Waals surface area contributed by atoms with E-state index in [1.807, 2.05) is 6.92 Å². The van der Waals surface area contributed by atoms with Crippen LogP contribution in [0, 0.1) is 0 Å². The highest BCUT2D eigenvalue weighted by atomic mass is 32.2. The number of carbonyl (C=O) groups is 1. The Hall–Kier alpha value is -0.460. The summed E-state index contributed by atoms with van der Waals surface area (Å²) in [6, 6.07) is -0.456. The van der Waals surface area contributed by atoms with E-state index in [1.54, 1.807) is 0 Å². The van der Waals surface area contributed by atoms with E-state index in [0.717, 1.165) is 44.1 Å². The average Bonchev–Trinajstić information content (AvgIpc) is 2.31. The van der Waals surface area contributed by atoms with Gasteiger partial charge in [0.1, 0.15) is 6.04 Å². The molecule has 0 amide bonds. The van der Waals surface area contributed by atoms with E-state index in [9.17, 15) is 9.00 Å². The quantitative estimate of drug-likeness (QED) is 0.670. The summed E-state index contributed by atoms with van der Waals surface area (Å²) in [5.41, 5.74) is 0. The zero-order valence-corrected chi connectivity index (χ0v) is 11.2. The van der Waals surface area contributed by atoms with Crippen LogP contribution in [0.4, 0.5) is 0 Å². The molecular formula is C11H22N2O3S. The second-order valence-corrected chi connectivity index (χ2v) is 6.02. The fraction of sp³-hybridized carbons (Fsp3) is 0.909. The zero-order valence-electron chi connectivity index (χ0n) is 10.4. The van der Waals surface area contributed by atoms with Gasteiger partial charge in [0.05, 0.1) is 0 Å². The van der Waals surface area contributed by atoms with Gasteiger partial charge in [0.15, 0.2) is 0 Å². The molecular weight excluding hydrogens is 240 g/mol. The van der Waals surface area contributed by atoms with E-state index in [1.165, 1.54) is 0 Å². The molecule has 0 spiro atoms. The lowest BCUT2D eigenvalue weighted by Crippen LogP contribution is -2.43. The lowest BCUT2D eigenvalue weighted by Gasteiger charge is -2.27. The van der Waals surface area contributed by atoms with Gasteiger partial charge in [-0.25, -0.2) is 0 Å². The van der Waals surface area contributed by atoms with E-state index in [-0.39, 0.29) is 0 Å². The molecule has 0 saturated carbocycles. The molecule has 0 aliphatic carbocycles. The number of rotatable bonds is 7. The van der Waals surface area contributed by atoms with Crippen LogP contribution in [0.25, 0.3) is 0 Å². The number of nitrogens with one attached hydrogen (secondary N) is 1. The molecule has 17 heavy (non-hydrogen) atoms. The van der Waals surface area contributed by atoms with Crippen molar-refractivity contribution < 1.29 is 14.1 Å². The maximum Gasteiger partial charge on any atom is 0.320 e. The first kappa shape index (κ1) is 14.6. The van der Waals surface area contributed by atoms with E-state index in [4.69, 9.17) is 5.11 Å². The van der Waals surface area contributed by atoms with Gasteiger partial charge >= 0.3 is 5.97 Å². The average molecular weight is 262 g/mol. The third-order valence-corrected chi connectivity index (χ3v) is 4.22. The molecule has 2 N–H and O–H groups in total. The van der Waals surface area contributed by atoms with Gasteiger partial charge in [-0.05, 0) is 19.4 Å². The lowest BCUT2D eigenvalue weighted by atomic mass is 10.2. The summed E-state index contributed by atoms with van der Waals surface area (Å²) >= 11 is 0. The van der Waals surface area contributed by atoms with Crippen molar-refractivity contribution in [2.45, 2.75) is 25.8 Å². The molecule has 0 aromatic carbocycles. The molecule has 1 fully saturated rings. The number of hydrogen-bond donors (Lipinski definition) is 2. The summed E-state index contributed by atoms with van der Waals surface area (Å²) in [7, 11) is -0.662. The van der Waals surface area contributed by atoms with Crippen molar-refractivity contribution >= 4 is 16.8 Å². The van der Waals surface area contributed by atoms with E-state index in [2.05, 4.69) is 10.2 Å². The van der Waals surface area contributed by atoms with Crippen LogP contribution in [0.3, 0.4) is 0 Å². The third-order valence-electron chi connectivity index (χ3n) is 2.94. The highest BCUT2D eigenvalue weighted by Gasteiger charge is 2.20. The first-order valence-electron chi connectivity index (χ1n) is 6.17. The second kappa shape index (κ2) is 7.79. The van der Waals surface area contributed by atoms with Crippen molar-refractivity contribution in [1.82, 2.24) is 10.2 Å². The van der Waals surface area contributed by atoms with Crippen LogP contribution in [0.15, 0.2) is 0 Å². The van der Waals surface area contributed by atoms with Gasteiger partial charge in [-0.2, -0.15) is 0 Å². The van der Waals surface area contributed by atoms with Gasteiger partial charge in [0.2, 0.25) is 0 Å². The van der Waals surface area contributed by atoms with E-state index >= 15 is 0 Å².